The second-order valence-electron chi connectivity index (χ2n) is 4.60. The zero-order valence-electron chi connectivity index (χ0n) is 12.3. The number of benzene rings is 1. The lowest BCUT2D eigenvalue weighted by atomic mass is 10.3. The summed E-state index contributed by atoms with van der Waals surface area (Å²) in [5, 5.41) is 6.95. The molecule has 6 heteroatoms. The number of amides is 1. The van der Waals surface area contributed by atoms with Crippen molar-refractivity contribution in [2.45, 2.75) is 26.2 Å². The van der Waals surface area contributed by atoms with Crippen LogP contribution >= 0.6 is 23.2 Å². The molecule has 0 saturated heterocycles. The average Bonchev–Trinajstić information content (AvgIpc) is 2.47. The summed E-state index contributed by atoms with van der Waals surface area (Å²) in [6.07, 6.45) is 2.17. The van der Waals surface area contributed by atoms with Crippen LogP contribution < -0.4 is 15.4 Å². The minimum absolute atomic E-state index is 0.0362. The van der Waals surface area contributed by atoms with Crippen LogP contribution in [-0.4, -0.2) is 32.1 Å². The van der Waals surface area contributed by atoms with E-state index in [2.05, 4.69) is 17.6 Å². The van der Waals surface area contributed by atoms with Crippen molar-refractivity contribution >= 4 is 29.1 Å². The number of ether oxygens (including phenoxy) is 1. The monoisotopic (exact) mass is 332 g/mol. The maximum absolute atomic E-state index is 11.6. The van der Waals surface area contributed by atoms with Gasteiger partial charge >= 0.3 is 0 Å². The Morgan fingerprint density at radius 3 is 2.81 bits per heavy atom. The van der Waals surface area contributed by atoms with E-state index in [1.54, 1.807) is 18.2 Å². The molecule has 2 N–H and O–H groups in total. The second kappa shape index (κ2) is 10.7. The first kappa shape index (κ1) is 18.1. The molecule has 0 aliphatic carbocycles. The molecule has 1 amide bonds. The molecule has 0 aliphatic heterocycles. The number of hydrogen-bond acceptors (Lipinski definition) is 3. The van der Waals surface area contributed by atoms with Crippen LogP contribution in [0.4, 0.5) is 0 Å². The lowest BCUT2D eigenvalue weighted by Gasteiger charge is -2.09. The summed E-state index contributed by atoms with van der Waals surface area (Å²) in [4.78, 5) is 11.6. The third-order valence-corrected chi connectivity index (χ3v) is 3.57. The van der Waals surface area contributed by atoms with Crippen molar-refractivity contribution < 1.29 is 9.53 Å². The molecular formula is C15H22Cl2N2O2. The lowest BCUT2D eigenvalue weighted by Crippen LogP contribution is -2.32. The second-order valence-corrected chi connectivity index (χ2v) is 5.39. The Bertz CT molecular complexity index is 442. The quantitative estimate of drug-likeness (QED) is 0.646. The molecule has 0 aromatic heterocycles. The van der Waals surface area contributed by atoms with Gasteiger partial charge in [-0.1, -0.05) is 36.2 Å². The summed E-state index contributed by atoms with van der Waals surface area (Å²) in [5.74, 6) is 0.586. The van der Waals surface area contributed by atoms with Gasteiger partial charge in [-0.15, -0.1) is 0 Å². The van der Waals surface area contributed by atoms with E-state index in [0.717, 1.165) is 19.5 Å². The molecule has 1 aromatic carbocycles. The van der Waals surface area contributed by atoms with Crippen LogP contribution in [-0.2, 0) is 4.79 Å². The van der Waals surface area contributed by atoms with E-state index >= 15 is 0 Å². The predicted octanol–water partition coefficient (Wildman–Crippen LogP) is 3.27. The Labute approximate surface area is 136 Å². The van der Waals surface area contributed by atoms with Gasteiger partial charge in [0.2, 0.25) is 5.91 Å². The third-order valence-electron chi connectivity index (χ3n) is 2.77. The highest BCUT2D eigenvalue weighted by Gasteiger charge is 2.06. The van der Waals surface area contributed by atoms with Crippen LogP contribution in [0.25, 0.3) is 0 Å². The predicted molar refractivity (Wildman–Crippen MR) is 87.4 cm³/mol. The summed E-state index contributed by atoms with van der Waals surface area (Å²) in [5.41, 5.74) is 0. The largest absolute Gasteiger partial charge is 0.492 e. The molecule has 0 heterocycles. The molecule has 118 valence electrons. The van der Waals surface area contributed by atoms with Crippen molar-refractivity contribution in [2.75, 3.05) is 26.2 Å². The van der Waals surface area contributed by atoms with Crippen molar-refractivity contribution in [3.05, 3.63) is 28.2 Å². The molecule has 0 radical (unpaired) electrons. The molecule has 0 fully saturated rings. The standard InChI is InChI=1S/C15H22Cl2N2O2/c1-2-8-18-9-10-19-14(20)7-4-11-21-13-6-3-5-12(16)15(13)17/h3,5-6,18H,2,4,7-11H2,1H3,(H,19,20). The Morgan fingerprint density at radius 1 is 1.24 bits per heavy atom. The van der Waals surface area contributed by atoms with Gasteiger partial charge in [0.15, 0.2) is 0 Å². The van der Waals surface area contributed by atoms with Gasteiger partial charge in [-0.05, 0) is 31.5 Å². The summed E-state index contributed by atoms with van der Waals surface area (Å²) in [6.45, 7) is 4.97. The number of carbonyl (C=O) groups excluding carboxylic acids is 1. The number of rotatable bonds is 10. The fourth-order valence-electron chi connectivity index (χ4n) is 1.69. The summed E-state index contributed by atoms with van der Waals surface area (Å²) in [6, 6.07) is 5.24. The molecular weight excluding hydrogens is 311 g/mol. The molecule has 0 bridgehead atoms. The molecule has 1 aromatic rings. The van der Waals surface area contributed by atoms with Gasteiger partial charge in [0.1, 0.15) is 10.8 Å². The maximum atomic E-state index is 11.6. The van der Waals surface area contributed by atoms with Gasteiger partial charge in [0.05, 0.1) is 11.6 Å². The van der Waals surface area contributed by atoms with Crippen molar-refractivity contribution in [1.29, 1.82) is 0 Å². The first-order valence-corrected chi connectivity index (χ1v) is 7.95. The first-order chi connectivity index (χ1) is 10.1. The van der Waals surface area contributed by atoms with E-state index in [1.165, 1.54) is 0 Å². The zero-order chi connectivity index (χ0) is 15.5. The van der Waals surface area contributed by atoms with Crippen LogP contribution in [0.15, 0.2) is 18.2 Å². The summed E-state index contributed by atoms with van der Waals surface area (Å²) < 4.78 is 5.52. The highest BCUT2D eigenvalue weighted by atomic mass is 35.5. The van der Waals surface area contributed by atoms with Crippen LogP contribution in [0.3, 0.4) is 0 Å². The van der Waals surface area contributed by atoms with Gasteiger partial charge in [-0.25, -0.2) is 0 Å². The molecule has 0 saturated carbocycles. The lowest BCUT2D eigenvalue weighted by molar-refractivity contribution is -0.121. The molecule has 21 heavy (non-hydrogen) atoms. The fourth-order valence-corrected chi connectivity index (χ4v) is 2.04. The van der Waals surface area contributed by atoms with E-state index in [1.807, 2.05) is 0 Å². The molecule has 0 atom stereocenters. The van der Waals surface area contributed by atoms with Crippen LogP contribution in [0.2, 0.25) is 10.0 Å². The van der Waals surface area contributed by atoms with Crippen molar-refractivity contribution in [3.8, 4) is 5.75 Å². The van der Waals surface area contributed by atoms with E-state index in [0.29, 0.717) is 41.8 Å². The average molecular weight is 333 g/mol. The van der Waals surface area contributed by atoms with Gasteiger partial charge in [0.25, 0.3) is 0 Å². The maximum Gasteiger partial charge on any atom is 0.220 e. The molecule has 0 spiro atoms. The first-order valence-electron chi connectivity index (χ1n) is 7.19. The normalized spacial score (nSPS) is 10.4. The van der Waals surface area contributed by atoms with E-state index in [9.17, 15) is 4.79 Å². The minimum Gasteiger partial charge on any atom is -0.492 e. The number of carbonyl (C=O) groups is 1. The molecule has 0 aliphatic rings. The minimum atomic E-state index is 0.0362. The Hall–Kier alpha value is -0.970. The Morgan fingerprint density at radius 2 is 2.05 bits per heavy atom. The molecule has 0 unspecified atom stereocenters. The number of halogens is 2. The van der Waals surface area contributed by atoms with Gasteiger partial charge in [0, 0.05) is 19.5 Å². The van der Waals surface area contributed by atoms with Gasteiger partial charge < -0.3 is 15.4 Å². The van der Waals surface area contributed by atoms with Crippen LogP contribution in [0.1, 0.15) is 26.2 Å². The Balaban J connectivity index is 2.10. The molecule has 1 rings (SSSR count). The molecule has 4 nitrogen and oxygen atoms in total. The third kappa shape index (κ3) is 7.55. The van der Waals surface area contributed by atoms with Gasteiger partial charge in [-0.2, -0.15) is 0 Å². The highest BCUT2D eigenvalue weighted by molar-refractivity contribution is 6.42. The van der Waals surface area contributed by atoms with Crippen LogP contribution in [0, 0.1) is 0 Å². The number of nitrogens with one attached hydrogen (secondary N) is 2. The fraction of sp³-hybridized carbons (Fsp3) is 0.533. The van der Waals surface area contributed by atoms with E-state index in [-0.39, 0.29) is 5.91 Å². The van der Waals surface area contributed by atoms with Crippen molar-refractivity contribution in [2.24, 2.45) is 0 Å². The van der Waals surface area contributed by atoms with Gasteiger partial charge in [-0.3, -0.25) is 4.79 Å². The van der Waals surface area contributed by atoms with Crippen LogP contribution in [0.5, 0.6) is 5.75 Å². The van der Waals surface area contributed by atoms with Crippen molar-refractivity contribution in [1.82, 2.24) is 10.6 Å². The summed E-state index contributed by atoms with van der Waals surface area (Å²) >= 11 is 11.9. The Kier molecular flexibility index (Phi) is 9.22. The summed E-state index contributed by atoms with van der Waals surface area (Å²) in [7, 11) is 0. The SMILES string of the molecule is CCCNCCNC(=O)CCCOc1cccc(Cl)c1Cl. The van der Waals surface area contributed by atoms with Crippen molar-refractivity contribution in [3.63, 3.8) is 0 Å². The highest BCUT2D eigenvalue weighted by Crippen LogP contribution is 2.31. The smallest absolute Gasteiger partial charge is 0.220 e. The zero-order valence-corrected chi connectivity index (χ0v) is 13.8. The van der Waals surface area contributed by atoms with E-state index < -0.39 is 0 Å². The number of hydrogen-bond donors (Lipinski definition) is 2. The van der Waals surface area contributed by atoms with E-state index in [4.69, 9.17) is 27.9 Å². The topological polar surface area (TPSA) is 50.4 Å².